The minimum Gasteiger partial charge on any atom is -0.367 e. The quantitative estimate of drug-likeness (QED) is 0.358. The molecular formula is C18H18N4O4S. The molecule has 2 saturated heterocycles. The maximum Gasteiger partial charge on any atom is 0.269 e. The van der Waals surface area contributed by atoms with Crippen molar-refractivity contribution < 1.29 is 14.5 Å². The summed E-state index contributed by atoms with van der Waals surface area (Å²) >= 11 is 5.27. The molecular weight excluding hydrogens is 368 g/mol. The first kappa shape index (κ1) is 16.6. The van der Waals surface area contributed by atoms with Gasteiger partial charge < -0.3 is 10.2 Å². The van der Waals surface area contributed by atoms with E-state index in [4.69, 9.17) is 12.2 Å². The van der Waals surface area contributed by atoms with Crippen molar-refractivity contribution in [2.75, 3.05) is 11.4 Å². The highest BCUT2D eigenvalue weighted by Gasteiger charge is 2.63. The van der Waals surface area contributed by atoms with Gasteiger partial charge in [0, 0.05) is 36.8 Å². The van der Waals surface area contributed by atoms with E-state index in [0.29, 0.717) is 5.56 Å². The van der Waals surface area contributed by atoms with Gasteiger partial charge in [-0.1, -0.05) is 0 Å². The van der Waals surface area contributed by atoms with Gasteiger partial charge in [-0.25, -0.2) is 0 Å². The summed E-state index contributed by atoms with van der Waals surface area (Å²) in [4.78, 5) is 41.2. The van der Waals surface area contributed by atoms with Gasteiger partial charge in [0.15, 0.2) is 10.5 Å². The molecule has 0 aromatic heterocycles. The van der Waals surface area contributed by atoms with E-state index in [2.05, 4.69) is 10.2 Å². The second-order valence-electron chi connectivity index (χ2n) is 7.74. The van der Waals surface area contributed by atoms with Gasteiger partial charge in [0.1, 0.15) is 0 Å². The number of nitrogens with one attached hydrogen (secondary N) is 1. The van der Waals surface area contributed by atoms with E-state index in [1.54, 1.807) is 11.0 Å². The number of carbonyl (C=O) groups excluding carboxylic acids is 2. The molecule has 4 aliphatic rings. The summed E-state index contributed by atoms with van der Waals surface area (Å²) in [6.45, 7) is 0.728. The SMILES string of the molecule is O=C1NC(=S)N(C2CC2)C(=O)[C@@]12Cc1cc([N+](=O)[O-])ccc1N1CCC[C@H]12. The summed E-state index contributed by atoms with van der Waals surface area (Å²) in [6, 6.07) is 4.54. The number of non-ortho nitro benzene ring substituents is 1. The highest BCUT2D eigenvalue weighted by Crippen LogP contribution is 2.50. The molecule has 3 fully saturated rings. The number of nitrogens with zero attached hydrogens (tertiary/aromatic N) is 3. The fraction of sp³-hybridized carbons (Fsp3) is 0.500. The third-order valence-electron chi connectivity index (χ3n) is 6.23. The zero-order valence-corrected chi connectivity index (χ0v) is 15.3. The standard InChI is InChI=1S/C18H18N4O4S/c23-15-18(16(24)21(11-3-4-11)17(27)19-15)9-10-8-12(22(25)26)5-6-13(10)20-7-1-2-14(18)20/h5-6,8,11,14H,1-4,7,9H2,(H,19,23,27)/t14-,18+/m0/s1. The summed E-state index contributed by atoms with van der Waals surface area (Å²) < 4.78 is 0. The molecule has 0 unspecified atom stereocenters. The van der Waals surface area contributed by atoms with Crippen LogP contribution in [0.15, 0.2) is 18.2 Å². The number of hydrogen-bond acceptors (Lipinski definition) is 6. The van der Waals surface area contributed by atoms with Crippen molar-refractivity contribution >= 4 is 40.5 Å². The molecule has 1 aromatic carbocycles. The molecule has 2 amide bonds. The lowest BCUT2D eigenvalue weighted by Crippen LogP contribution is -2.71. The molecule has 1 N–H and O–H groups in total. The van der Waals surface area contributed by atoms with Crippen molar-refractivity contribution in [3.63, 3.8) is 0 Å². The van der Waals surface area contributed by atoms with E-state index in [-0.39, 0.29) is 41.1 Å². The molecule has 2 atom stereocenters. The molecule has 5 rings (SSSR count). The number of rotatable bonds is 2. The lowest BCUT2D eigenvalue weighted by atomic mass is 9.68. The van der Waals surface area contributed by atoms with Gasteiger partial charge in [-0.15, -0.1) is 0 Å². The van der Waals surface area contributed by atoms with Gasteiger partial charge in [0.25, 0.3) is 5.69 Å². The molecule has 3 heterocycles. The van der Waals surface area contributed by atoms with Crippen LogP contribution in [0.2, 0.25) is 0 Å². The summed E-state index contributed by atoms with van der Waals surface area (Å²) in [6.07, 6.45) is 3.54. The topological polar surface area (TPSA) is 95.8 Å². The fourth-order valence-corrected chi connectivity index (χ4v) is 5.20. The first-order chi connectivity index (χ1) is 12.9. The highest BCUT2D eigenvalue weighted by atomic mass is 32.1. The lowest BCUT2D eigenvalue weighted by Gasteiger charge is -2.50. The molecule has 1 aliphatic carbocycles. The molecule has 0 radical (unpaired) electrons. The van der Waals surface area contributed by atoms with Crippen LogP contribution in [0, 0.1) is 15.5 Å². The zero-order valence-electron chi connectivity index (χ0n) is 14.5. The zero-order chi connectivity index (χ0) is 18.9. The van der Waals surface area contributed by atoms with E-state index in [9.17, 15) is 19.7 Å². The Kier molecular flexibility index (Phi) is 3.37. The Balaban J connectivity index is 1.66. The molecule has 8 nitrogen and oxygen atoms in total. The normalized spacial score (nSPS) is 29.6. The molecule has 1 aromatic rings. The Hall–Kier alpha value is -2.55. The van der Waals surface area contributed by atoms with Crippen LogP contribution in [0.3, 0.4) is 0 Å². The van der Waals surface area contributed by atoms with Crippen LogP contribution in [-0.2, 0) is 16.0 Å². The van der Waals surface area contributed by atoms with Crippen molar-refractivity contribution in [3.05, 3.63) is 33.9 Å². The molecule has 9 heteroatoms. The van der Waals surface area contributed by atoms with Crippen LogP contribution < -0.4 is 10.2 Å². The number of fused-ring (bicyclic) bond motifs is 4. The lowest BCUT2D eigenvalue weighted by molar-refractivity contribution is -0.384. The number of carbonyl (C=O) groups is 2. The van der Waals surface area contributed by atoms with Gasteiger partial charge in [-0.3, -0.25) is 24.6 Å². The summed E-state index contributed by atoms with van der Waals surface area (Å²) in [5.41, 5.74) is 0.263. The minimum absolute atomic E-state index is 0.0280. The molecule has 1 spiro atoms. The molecule has 0 bridgehead atoms. The predicted molar refractivity (Wildman–Crippen MR) is 100 cm³/mol. The van der Waals surface area contributed by atoms with E-state index in [1.807, 2.05) is 0 Å². The fourth-order valence-electron chi connectivity index (χ4n) is 4.88. The monoisotopic (exact) mass is 386 g/mol. The van der Waals surface area contributed by atoms with Gasteiger partial charge in [0.2, 0.25) is 11.8 Å². The Bertz CT molecular complexity index is 915. The average molecular weight is 386 g/mol. The van der Waals surface area contributed by atoms with Crippen LogP contribution in [0.1, 0.15) is 31.2 Å². The Labute approximate surface area is 160 Å². The summed E-state index contributed by atoms with van der Waals surface area (Å²) in [5, 5.41) is 14.2. The third kappa shape index (κ3) is 2.17. The van der Waals surface area contributed by atoms with Crippen molar-refractivity contribution in [1.29, 1.82) is 0 Å². The minimum atomic E-state index is -1.27. The van der Waals surface area contributed by atoms with Crippen LogP contribution in [0.4, 0.5) is 11.4 Å². The van der Waals surface area contributed by atoms with E-state index in [1.165, 1.54) is 12.1 Å². The highest BCUT2D eigenvalue weighted by molar-refractivity contribution is 7.80. The number of nitro benzene ring substituents is 1. The first-order valence-corrected chi connectivity index (χ1v) is 9.57. The largest absolute Gasteiger partial charge is 0.367 e. The number of amides is 2. The average Bonchev–Trinajstić information content (AvgIpc) is 3.33. The van der Waals surface area contributed by atoms with Gasteiger partial charge in [-0.05, 0) is 49.5 Å². The third-order valence-corrected chi connectivity index (χ3v) is 6.53. The molecule has 27 heavy (non-hydrogen) atoms. The van der Waals surface area contributed by atoms with Gasteiger partial charge in [-0.2, -0.15) is 0 Å². The second-order valence-corrected chi connectivity index (χ2v) is 8.12. The smallest absolute Gasteiger partial charge is 0.269 e. The van der Waals surface area contributed by atoms with E-state index < -0.39 is 10.3 Å². The molecule has 3 aliphatic heterocycles. The van der Waals surface area contributed by atoms with Crippen molar-refractivity contribution in [1.82, 2.24) is 10.2 Å². The van der Waals surface area contributed by atoms with Gasteiger partial charge >= 0.3 is 0 Å². The maximum atomic E-state index is 13.6. The van der Waals surface area contributed by atoms with Crippen molar-refractivity contribution in [2.45, 2.75) is 44.2 Å². The van der Waals surface area contributed by atoms with Crippen LogP contribution >= 0.6 is 12.2 Å². The van der Waals surface area contributed by atoms with Crippen LogP contribution in [0.25, 0.3) is 0 Å². The Morgan fingerprint density at radius 2 is 2.04 bits per heavy atom. The van der Waals surface area contributed by atoms with Gasteiger partial charge in [0.05, 0.1) is 11.0 Å². The molecule has 140 valence electrons. The number of nitro groups is 1. The second kappa shape index (κ2) is 5.48. The Morgan fingerprint density at radius 1 is 1.26 bits per heavy atom. The maximum absolute atomic E-state index is 13.6. The van der Waals surface area contributed by atoms with Crippen LogP contribution in [0.5, 0.6) is 0 Å². The number of hydrogen-bond donors (Lipinski definition) is 1. The Morgan fingerprint density at radius 3 is 2.74 bits per heavy atom. The summed E-state index contributed by atoms with van der Waals surface area (Å²) in [5.74, 6) is -0.615. The number of thiocarbonyl (C=S) groups is 1. The number of benzene rings is 1. The van der Waals surface area contributed by atoms with E-state index in [0.717, 1.165) is 37.9 Å². The van der Waals surface area contributed by atoms with Crippen LogP contribution in [-0.4, -0.2) is 45.4 Å². The van der Waals surface area contributed by atoms with Crippen molar-refractivity contribution in [2.24, 2.45) is 5.41 Å². The van der Waals surface area contributed by atoms with E-state index >= 15 is 0 Å². The van der Waals surface area contributed by atoms with Crippen molar-refractivity contribution in [3.8, 4) is 0 Å². The predicted octanol–water partition coefficient (Wildman–Crippen LogP) is 1.51. The summed E-state index contributed by atoms with van der Waals surface area (Å²) in [7, 11) is 0. The first-order valence-electron chi connectivity index (χ1n) is 9.16. The molecule has 1 saturated carbocycles. The number of anilines is 1.